The van der Waals surface area contributed by atoms with E-state index < -0.39 is 0 Å². The highest BCUT2D eigenvalue weighted by Crippen LogP contribution is 2.33. The van der Waals surface area contributed by atoms with Crippen molar-refractivity contribution in [2.45, 2.75) is 25.2 Å². The van der Waals surface area contributed by atoms with Gasteiger partial charge in [-0.15, -0.1) is 11.8 Å². The third kappa shape index (κ3) is 6.45. The molecule has 1 amide bonds. The zero-order valence-electron chi connectivity index (χ0n) is 13.9. The van der Waals surface area contributed by atoms with Crippen molar-refractivity contribution >= 4 is 35.0 Å². The maximum Gasteiger partial charge on any atom is 0.248 e. The Kier molecular flexibility index (Phi) is 7.45. The number of ether oxygens (including phenoxy) is 2. The third-order valence-electron chi connectivity index (χ3n) is 3.21. The Morgan fingerprint density at radius 2 is 2.00 bits per heavy atom. The largest absolute Gasteiger partial charge is 0.486 e. The summed E-state index contributed by atoms with van der Waals surface area (Å²) in [6.07, 6.45) is 1.02. The molecule has 8 heteroatoms. The van der Waals surface area contributed by atoms with Crippen molar-refractivity contribution < 1.29 is 14.3 Å². The van der Waals surface area contributed by atoms with Crippen LogP contribution in [0.3, 0.4) is 0 Å². The Morgan fingerprint density at radius 3 is 2.75 bits per heavy atom. The van der Waals surface area contributed by atoms with E-state index in [1.165, 1.54) is 11.8 Å². The predicted octanol–water partition coefficient (Wildman–Crippen LogP) is 2.09. The van der Waals surface area contributed by atoms with Crippen molar-refractivity contribution in [1.82, 2.24) is 16.2 Å². The highest BCUT2D eigenvalue weighted by molar-refractivity contribution is 8.00. The van der Waals surface area contributed by atoms with Crippen LogP contribution in [-0.2, 0) is 4.79 Å². The van der Waals surface area contributed by atoms with Gasteiger partial charge >= 0.3 is 0 Å². The Hall–Kier alpha value is -1.67. The fourth-order valence-electron chi connectivity index (χ4n) is 1.94. The standard InChI is InChI=1S/C16H23N3O3S2/c1-11(2)5-6-17-16(23)19-18-15(20)10-24-12-3-4-13-14(9-12)22-8-7-21-13/h3-4,9,11H,5-8,10H2,1-2H3,(H,18,20)(H2,17,19,23). The summed E-state index contributed by atoms with van der Waals surface area (Å²) in [5.41, 5.74) is 5.29. The van der Waals surface area contributed by atoms with Crippen LogP contribution in [0.25, 0.3) is 0 Å². The quantitative estimate of drug-likeness (QED) is 0.403. The van der Waals surface area contributed by atoms with Crippen molar-refractivity contribution in [3.8, 4) is 11.5 Å². The number of carbonyl (C=O) groups is 1. The molecular weight excluding hydrogens is 346 g/mol. The van der Waals surface area contributed by atoms with E-state index in [0.29, 0.717) is 24.2 Å². The molecule has 0 saturated heterocycles. The van der Waals surface area contributed by atoms with Gasteiger partial charge in [0.25, 0.3) is 0 Å². The van der Waals surface area contributed by atoms with Crippen LogP contribution in [0.1, 0.15) is 20.3 Å². The fourth-order valence-corrected chi connectivity index (χ4v) is 2.82. The molecule has 0 spiro atoms. The molecule has 1 heterocycles. The minimum atomic E-state index is -0.150. The van der Waals surface area contributed by atoms with E-state index in [4.69, 9.17) is 21.7 Å². The van der Waals surface area contributed by atoms with Crippen LogP contribution in [0.15, 0.2) is 23.1 Å². The van der Waals surface area contributed by atoms with Crippen molar-refractivity contribution in [3.63, 3.8) is 0 Å². The minimum absolute atomic E-state index is 0.150. The second-order valence-electron chi connectivity index (χ2n) is 5.71. The summed E-state index contributed by atoms with van der Waals surface area (Å²) in [4.78, 5) is 12.8. The van der Waals surface area contributed by atoms with Gasteiger partial charge in [0.1, 0.15) is 13.2 Å². The highest BCUT2D eigenvalue weighted by Gasteiger charge is 2.12. The molecule has 0 atom stereocenters. The zero-order valence-corrected chi connectivity index (χ0v) is 15.5. The molecule has 0 aliphatic carbocycles. The summed E-state index contributed by atoms with van der Waals surface area (Å²) in [5.74, 6) is 2.20. The number of carbonyl (C=O) groups excluding carboxylic acids is 1. The molecule has 3 N–H and O–H groups in total. The van der Waals surface area contributed by atoms with Gasteiger partial charge in [0, 0.05) is 11.4 Å². The second kappa shape index (κ2) is 9.58. The molecule has 1 aromatic rings. The molecule has 1 aromatic carbocycles. The lowest BCUT2D eigenvalue weighted by Crippen LogP contribution is -2.47. The molecular formula is C16H23N3O3S2. The van der Waals surface area contributed by atoms with Crippen LogP contribution in [0.5, 0.6) is 11.5 Å². The molecule has 0 fully saturated rings. The predicted molar refractivity (Wildman–Crippen MR) is 99.5 cm³/mol. The molecule has 6 nitrogen and oxygen atoms in total. The van der Waals surface area contributed by atoms with Gasteiger partial charge in [-0.2, -0.15) is 0 Å². The number of hydrogen-bond acceptors (Lipinski definition) is 5. The van der Waals surface area contributed by atoms with Crippen LogP contribution >= 0.6 is 24.0 Å². The summed E-state index contributed by atoms with van der Waals surface area (Å²) in [6, 6.07) is 5.66. The van der Waals surface area contributed by atoms with Gasteiger partial charge in [0.05, 0.1) is 5.75 Å². The van der Waals surface area contributed by atoms with Crippen LogP contribution in [0.2, 0.25) is 0 Å². The molecule has 0 saturated carbocycles. The first-order valence-corrected chi connectivity index (χ1v) is 9.29. The fraction of sp³-hybridized carbons (Fsp3) is 0.500. The summed E-state index contributed by atoms with van der Waals surface area (Å²) in [6.45, 7) is 6.20. The van der Waals surface area contributed by atoms with E-state index in [-0.39, 0.29) is 11.7 Å². The minimum Gasteiger partial charge on any atom is -0.486 e. The Bertz CT molecular complexity index is 582. The van der Waals surface area contributed by atoms with Gasteiger partial charge in [-0.3, -0.25) is 15.6 Å². The van der Waals surface area contributed by atoms with E-state index in [0.717, 1.165) is 29.4 Å². The number of benzene rings is 1. The number of hydrogen-bond donors (Lipinski definition) is 3. The van der Waals surface area contributed by atoms with Crippen LogP contribution < -0.4 is 25.6 Å². The zero-order chi connectivity index (χ0) is 17.4. The lowest BCUT2D eigenvalue weighted by Gasteiger charge is -2.18. The van der Waals surface area contributed by atoms with Gasteiger partial charge in [0.15, 0.2) is 16.6 Å². The van der Waals surface area contributed by atoms with Gasteiger partial charge < -0.3 is 14.8 Å². The highest BCUT2D eigenvalue weighted by atomic mass is 32.2. The Morgan fingerprint density at radius 1 is 1.25 bits per heavy atom. The molecule has 132 valence electrons. The van der Waals surface area contributed by atoms with Gasteiger partial charge in [-0.05, 0) is 42.8 Å². The SMILES string of the molecule is CC(C)CCNC(=S)NNC(=O)CSc1ccc2c(c1)OCCO2. The van der Waals surface area contributed by atoms with Crippen molar-refractivity contribution in [2.75, 3.05) is 25.5 Å². The molecule has 0 bridgehead atoms. The van der Waals surface area contributed by atoms with Gasteiger partial charge in [-0.25, -0.2) is 0 Å². The van der Waals surface area contributed by atoms with Gasteiger partial charge in [0.2, 0.25) is 5.91 Å². The lowest BCUT2D eigenvalue weighted by molar-refractivity contribution is -0.119. The maximum absolute atomic E-state index is 11.9. The van der Waals surface area contributed by atoms with E-state index in [1.54, 1.807) is 0 Å². The average molecular weight is 370 g/mol. The number of nitrogens with one attached hydrogen (secondary N) is 3. The van der Waals surface area contributed by atoms with E-state index >= 15 is 0 Å². The first kappa shape index (κ1) is 18.7. The maximum atomic E-state index is 11.9. The smallest absolute Gasteiger partial charge is 0.248 e. The Balaban J connectivity index is 1.67. The molecule has 0 aromatic heterocycles. The first-order chi connectivity index (χ1) is 11.5. The van der Waals surface area contributed by atoms with Crippen molar-refractivity contribution in [1.29, 1.82) is 0 Å². The molecule has 1 aliphatic heterocycles. The summed E-state index contributed by atoms with van der Waals surface area (Å²) in [5, 5.41) is 3.47. The second-order valence-corrected chi connectivity index (χ2v) is 7.16. The molecule has 0 radical (unpaired) electrons. The van der Waals surface area contributed by atoms with Crippen molar-refractivity contribution in [3.05, 3.63) is 18.2 Å². The molecule has 24 heavy (non-hydrogen) atoms. The monoisotopic (exact) mass is 369 g/mol. The van der Waals surface area contributed by atoms with Crippen LogP contribution in [0.4, 0.5) is 0 Å². The normalized spacial score (nSPS) is 12.6. The van der Waals surface area contributed by atoms with E-state index in [2.05, 4.69) is 30.0 Å². The number of hydrazine groups is 1. The summed E-state index contributed by atoms with van der Waals surface area (Å²) in [7, 11) is 0. The third-order valence-corrected chi connectivity index (χ3v) is 4.45. The van der Waals surface area contributed by atoms with E-state index in [1.807, 2.05) is 18.2 Å². The summed E-state index contributed by atoms with van der Waals surface area (Å²) >= 11 is 6.52. The summed E-state index contributed by atoms with van der Waals surface area (Å²) < 4.78 is 11.0. The van der Waals surface area contributed by atoms with Crippen LogP contribution in [0, 0.1) is 5.92 Å². The lowest BCUT2D eigenvalue weighted by atomic mass is 10.1. The van der Waals surface area contributed by atoms with E-state index in [9.17, 15) is 4.79 Å². The Labute approximate surface area is 152 Å². The molecule has 2 rings (SSSR count). The number of thioether (sulfide) groups is 1. The topological polar surface area (TPSA) is 71.6 Å². The number of fused-ring (bicyclic) bond motifs is 1. The first-order valence-electron chi connectivity index (χ1n) is 7.89. The molecule has 0 unspecified atom stereocenters. The van der Waals surface area contributed by atoms with Gasteiger partial charge in [-0.1, -0.05) is 13.8 Å². The van der Waals surface area contributed by atoms with Crippen LogP contribution in [-0.4, -0.2) is 36.5 Å². The number of rotatable bonds is 6. The average Bonchev–Trinajstić information content (AvgIpc) is 2.57. The number of amides is 1. The van der Waals surface area contributed by atoms with Crippen molar-refractivity contribution in [2.24, 2.45) is 5.92 Å². The molecule has 1 aliphatic rings. The number of thiocarbonyl (C=S) groups is 1.